The van der Waals surface area contributed by atoms with E-state index in [1.54, 1.807) is 13.2 Å². The molecule has 0 aliphatic heterocycles. The fourth-order valence-electron chi connectivity index (χ4n) is 1.87. The number of amides is 1. The number of nitrogens with zero attached hydrogens (tertiary/aromatic N) is 2. The minimum Gasteiger partial charge on any atom is -0.463 e. The lowest BCUT2D eigenvalue weighted by Gasteiger charge is -2.12. The molecule has 0 spiro atoms. The number of rotatable bonds is 8. The highest BCUT2D eigenvalue weighted by atomic mass is 16.5. The Hall–Kier alpha value is -1.92. The number of aliphatic imine (C=N–C) groups is 1. The lowest BCUT2D eigenvalue weighted by molar-refractivity contribution is 0.0953. The normalized spacial score (nSPS) is 11.6. The summed E-state index contributed by atoms with van der Waals surface area (Å²) in [5, 5.41) is 2.73. The second-order valence-electron chi connectivity index (χ2n) is 5.51. The molecule has 1 aromatic carbocycles. The molecule has 0 saturated carbocycles. The molecule has 6 heteroatoms. The SMILES string of the molecule is COCCOC(=NCCCN(C)C)NC(=O)c1cccc(C)c1. The second-order valence-corrected chi connectivity index (χ2v) is 5.51. The van der Waals surface area contributed by atoms with Crippen LogP contribution < -0.4 is 5.32 Å². The number of ether oxygens (including phenoxy) is 2. The minimum absolute atomic E-state index is 0.225. The lowest BCUT2D eigenvalue weighted by atomic mass is 10.1. The van der Waals surface area contributed by atoms with E-state index in [9.17, 15) is 4.79 Å². The maximum absolute atomic E-state index is 12.3. The quantitative estimate of drug-likeness (QED) is 0.450. The Morgan fingerprint density at radius 3 is 2.74 bits per heavy atom. The van der Waals surface area contributed by atoms with Crippen molar-refractivity contribution in [3.63, 3.8) is 0 Å². The zero-order valence-electron chi connectivity index (χ0n) is 14.5. The summed E-state index contributed by atoms with van der Waals surface area (Å²) in [5.74, 6) is -0.225. The lowest BCUT2D eigenvalue weighted by Crippen LogP contribution is -2.33. The van der Waals surface area contributed by atoms with E-state index in [0.29, 0.717) is 25.3 Å². The molecule has 128 valence electrons. The average Bonchev–Trinajstić information content (AvgIpc) is 2.51. The van der Waals surface area contributed by atoms with Crippen molar-refractivity contribution in [3.05, 3.63) is 35.4 Å². The van der Waals surface area contributed by atoms with Crippen LogP contribution >= 0.6 is 0 Å². The van der Waals surface area contributed by atoms with Crippen LogP contribution in [0, 0.1) is 6.92 Å². The summed E-state index contributed by atoms with van der Waals surface area (Å²) in [6.07, 6.45) is 0.893. The third-order valence-electron chi connectivity index (χ3n) is 3.05. The van der Waals surface area contributed by atoms with Gasteiger partial charge in [-0.05, 0) is 46.1 Å². The Morgan fingerprint density at radius 1 is 1.30 bits per heavy atom. The van der Waals surface area contributed by atoms with Gasteiger partial charge < -0.3 is 14.4 Å². The van der Waals surface area contributed by atoms with Gasteiger partial charge in [-0.1, -0.05) is 17.7 Å². The minimum atomic E-state index is -0.225. The zero-order valence-corrected chi connectivity index (χ0v) is 14.5. The highest BCUT2D eigenvalue weighted by molar-refractivity contribution is 6.04. The third-order valence-corrected chi connectivity index (χ3v) is 3.05. The molecule has 6 nitrogen and oxygen atoms in total. The average molecular weight is 321 g/mol. The maximum atomic E-state index is 12.3. The van der Waals surface area contributed by atoms with Gasteiger partial charge in [-0.15, -0.1) is 0 Å². The Balaban J connectivity index is 2.63. The first-order chi connectivity index (χ1) is 11.0. The molecule has 1 aromatic rings. The number of hydrogen-bond acceptors (Lipinski definition) is 5. The van der Waals surface area contributed by atoms with Gasteiger partial charge in [0.1, 0.15) is 6.61 Å². The fourth-order valence-corrected chi connectivity index (χ4v) is 1.87. The second kappa shape index (κ2) is 10.7. The van der Waals surface area contributed by atoms with Crippen molar-refractivity contribution in [2.24, 2.45) is 4.99 Å². The smallest absolute Gasteiger partial charge is 0.291 e. The predicted molar refractivity (Wildman–Crippen MR) is 91.9 cm³/mol. The van der Waals surface area contributed by atoms with Gasteiger partial charge in [-0.2, -0.15) is 0 Å². The number of aryl methyl sites for hydroxylation is 1. The van der Waals surface area contributed by atoms with Gasteiger partial charge in [-0.3, -0.25) is 10.1 Å². The molecule has 0 saturated heterocycles. The Kier molecular flexibility index (Phi) is 8.94. The van der Waals surface area contributed by atoms with Crippen molar-refractivity contribution in [2.45, 2.75) is 13.3 Å². The highest BCUT2D eigenvalue weighted by Gasteiger charge is 2.10. The van der Waals surface area contributed by atoms with Crippen molar-refractivity contribution in [2.75, 3.05) is 47.5 Å². The number of carbonyl (C=O) groups excluding carboxylic acids is 1. The van der Waals surface area contributed by atoms with Gasteiger partial charge in [0.2, 0.25) is 0 Å². The number of carbonyl (C=O) groups is 1. The molecule has 0 radical (unpaired) electrons. The van der Waals surface area contributed by atoms with Gasteiger partial charge in [0.15, 0.2) is 0 Å². The fraction of sp³-hybridized carbons (Fsp3) is 0.529. The number of nitrogens with one attached hydrogen (secondary N) is 1. The van der Waals surface area contributed by atoms with Crippen LogP contribution in [0.4, 0.5) is 0 Å². The predicted octanol–water partition coefficient (Wildman–Crippen LogP) is 1.70. The first kappa shape index (κ1) is 19.1. The van der Waals surface area contributed by atoms with Gasteiger partial charge in [0, 0.05) is 19.2 Å². The van der Waals surface area contributed by atoms with E-state index in [4.69, 9.17) is 9.47 Å². The molecular weight excluding hydrogens is 294 g/mol. The monoisotopic (exact) mass is 321 g/mol. The van der Waals surface area contributed by atoms with E-state index >= 15 is 0 Å². The number of benzene rings is 1. The van der Waals surface area contributed by atoms with Crippen LogP contribution in [0.5, 0.6) is 0 Å². The molecule has 0 aromatic heterocycles. The third kappa shape index (κ3) is 8.32. The van der Waals surface area contributed by atoms with E-state index in [2.05, 4.69) is 15.2 Å². The van der Waals surface area contributed by atoms with Crippen LogP contribution in [-0.2, 0) is 9.47 Å². The van der Waals surface area contributed by atoms with Crippen molar-refractivity contribution >= 4 is 11.9 Å². The summed E-state index contributed by atoms with van der Waals surface area (Å²) < 4.78 is 10.4. The van der Waals surface area contributed by atoms with Crippen molar-refractivity contribution < 1.29 is 14.3 Å². The molecule has 0 aliphatic rings. The summed E-state index contributed by atoms with van der Waals surface area (Å²) in [7, 11) is 5.63. The Bertz CT molecular complexity index is 516. The van der Waals surface area contributed by atoms with Crippen LogP contribution in [0.2, 0.25) is 0 Å². The van der Waals surface area contributed by atoms with E-state index in [1.807, 2.05) is 39.2 Å². The molecule has 0 bridgehead atoms. The molecule has 1 amide bonds. The number of amidine groups is 1. The van der Waals surface area contributed by atoms with E-state index in [-0.39, 0.29) is 11.9 Å². The van der Waals surface area contributed by atoms with Crippen LogP contribution in [0.3, 0.4) is 0 Å². The first-order valence-corrected chi connectivity index (χ1v) is 7.72. The largest absolute Gasteiger partial charge is 0.463 e. The van der Waals surface area contributed by atoms with E-state index in [1.165, 1.54) is 0 Å². The van der Waals surface area contributed by atoms with Gasteiger partial charge in [0.25, 0.3) is 11.9 Å². The standard InChI is InChI=1S/C17H27N3O3/c1-14-7-5-8-15(13-14)16(21)19-17(23-12-11-22-4)18-9-6-10-20(2)3/h5,7-8,13H,6,9-12H2,1-4H3,(H,18,19,21). The summed E-state index contributed by atoms with van der Waals surface area (Å²) in [6, 6.07) is 7.63. The molecule has 0 fully saturated rings. The van der Waals surface area contributed by atoms with Gasteiger partial charge in [0.05, 0.1) is 6.61 Å². The number of hydrogen-bond donors (Lipinski definition) is 1. The molecule has 1 rings (SSSR count). The zero-order chi connectivity index (χ0) is 17.1. The molecule has 1 N–H and O–H groups in total. The molecule has 0 unspecified atom stereocenters. The summed E-state index contributed by atoms with van der Waals surface area (Å²) in [4.78, 5) is 18.7. The van der Waals surface area contributed by atoms with Crippen molar-refractivity contribution in [3.8, 4) is 0 Å². The summed E-state index contributed by atoms with van der Waals surface area (Å²) in [5.41, 5.74) is 1.61. The summed E-state index contributed by atoms with van der Waals surface area (Å²) in [6.45, 7) is 4.26. The Labute approximate surface area is 138 Å². The van der Waals surface area contributed by atoms with Crippen LogP contribution in [-0.4, -0.2) is 64.3 Å². The van der Waals surface area contributed by atoms with Gasteiger partial charge in [-0.25, -0.2) is 4.99 Å². The van der Waals surface area contributed by atoms with Gasteiger partial charge >= 0.3 is 0 Å². The van der Waals surface area contributed by atoms with E-state index in [0.717, 1.165) is 18.5 Å². The highest BCUT2D eigenvalue weighted by Crippen LogP contribution is 2.03. The molecule has 0 atom stereocenters. The topological polar surface area (TPSA) is 63.2 Å². The maximum Gasteiger partial charge on any atom is 0.291 e. The van der Waals surface area contributed by atoms with Crippen LogP contribution in [0.1, 0.15) is 22.3 Å². The first-order valence-electron chi connectivity index (χ1n) is 7.72. The Morgan fingerprint density at radius 2 is 2.09 bits per heavy atom. The number of methoxy groups -OCH3 is 1. The van der Waals surface area contributed by atoms with Crippen LogP contribution in [0.15, 0.2) is 29.3 Å². The molecule has 0 heterocycles. The van der Waals surface area contributed by atoms with Crippen molar-refractivity contribution in [1.82, 2.24) is 10.2 Å². The van der Waals surface area contributed by atoms with Crippen LogP contribution in [0.25, 0.3) is 0 Å². The summed E-state index contributed by atoms with van der Waals surface area (Å²) >= 11 is 0. The molecule has 23 heavy (non-hydrogen) atoms. The van der Waals surface area contributed by atoms with Crippen molar-refractivity contribution in [1.29, 1.82) is 0 Å². The molecular formula is C17H27N3O3. The van der Waals surface area contributed by atoms with E-state index < -0.39 is 0 Å². The molecule has 0 aliphatic carbocycles.